The average molecular weight is 266 g/mol. The minimum atomic E-state index is -4.01. The second-order valence-electron chi connectivity index (χ2n) is 5.26. The molecule has 0 aliphatic carbocycles. The number of likely N-dealkylation sites (tertiary alicyclic amines) is 1. The lowest BCUT2D eigenvalue weighted by molar-refractivity contribution is -0.185. The molecule has 0 radical (unpaired) electrons. The predicted molar refractivity (Wildman–Crippen MR) is 67.6 cm³/mol. The van der Waals surface area contributed by atoms with Gasteiger partial charge in [-0.2, -0.15) is 13.2 Å². The molecule has 0 aromatic rings. The first-order valence-electron chi connectivity index (χ1n) is 6.96. The van der Waals surface area contributed by atoms with E-state index in [1.807, 2.05) is 0 Å². The summed E-state index contributed by atoms with van der Waals surface area (Å²) < 4.78 is 37.6. The summed E-state index contributed by atoms with van der Waals surface area (Å²) in [6.45, 7) is 7.25. The molecule has 1 atom stereocenters. The summed E-state index contributed by atoms with van der Waals surface area (Å²) >= 11 is 0. The largest absolute Gasteiger partial charge is 0.391 e. The van der Waals surface area contributed by atoms with Gasteiger partial charge in [-0.1, -0.05) is 13.3 Å². The van der Waals surface area contributed by atoms with Crippen molar-refractivity contribution < 1.29 is 13.2 Å². The van der Waals surface area contributed by atoms with E-state index in [4.69, 9.17) is 0 Å². The van der Waals surface area contributed by atoms with Gasteiger partial charge < -0.3 is 5.32 Å². The highest BCUT2D eigenvalue weighted by atomic mass is 19.4. The average Bonchev–Trinajstić information content (AvgIpc) is 2.33. The van der Waals surface area contributed by atoms with Gasteiger partial charge in [-0.05, 0) is 45.8 Å². The number of piperidine rings is 1. The monoisotopic (exact) mass is 266 g/mol. The first-order valence-corrected chi connectivity index (χ1v) is 6.96. The zero-order valence-electron chi connectivity index (χ0n) is 11.4. The van der Waals surface area contributed by atoms with Crippen LogP contribution in [0.5, 0.6) is 0 Å². The van der Waals surface area contributed by atoms with Crippen LogP contribution in [0.4, 0.5) is 13.2 Å². The van der Waals surface area contributed by atoms with Crippen LogP contribution in [0.3, 0.4) is 0 Å². The number of nitrogens with zero attached hydrogens (tertiary/aromatic N) is 1. The van der Waals surface area contributed by atoms with Crippen molar-refractivity contribution in [1.29, 1.82) is 0 Å². The standard InChI is InChI=1S/C13H25F3N2/c1-3-4-7-17-10-11(2)18-8-5-12(6-9-18)13(14,15)16/h11-12,17H,3-10H2,1-2H3. The van der Waals surface area contributed by atoms with Crippen LogP contribution in [-0.2, 0) is 0 Å². The first kappa shape index (κ1) is 15.8. The van der Waals surface area contributed by atoms with E-state index in [9.17, 15) is 13.2 Å². The first-order chi connectivity index (χ1) is 8.45. The minimum absolute atomic E-state index is 0.253. The number of hydrogen-bond donors (Lipinski definition) is 1. The maximum Gasteiger partial charge on any atom is 0.391 e. The van der Waals surface area contributed by atoms with E-state index in [1.165, 1.54) is 6.42 Å². The zero-order valence-corrected chi connectivity index (χ0v) is 11.4. The molecule has 108 valence electrons. The Hall–Kier alpha value is -0.290. The van der Waals surface area contributed by atoms with Crippen molar-refractivity contribution in [1.82, 2.24) is 10.2 Å². The highest BCUT2D eigenvalue weighted by Gasteiger charge is 2.41. The molecule has 2 nitrogen and oxygen atoms in total. The van der Waals surface area contributed by atoms with Crippen LogP contribution in [0.1, 0.15) is 39.5 Å². The molecule has 18 heavy (non-hydrogen) atoms. The van der Waals surface area contributed by atoms with E-state index in [0.29, 0.717) is 19.1 Å². The molecule has 1 aliphatic heterocycles. The number of halogens is 3. The smallest absolute Gasteiger partial charge is 0.315 e. The van der Waals surface area contributed by atoms with Gasteiger partial charge in [-0.15, -0.1) is 0 Å². The number of hydrogen-bond acceptors (Lipinski definition) is 2. The molecule has 1 fully saturated rings. The van der Waals surface area contributed by atoms with Gasteiger partial charge in [0.1, 0.15) is 0 Å². The van der Waals surface area contributed by atoms with E-state index in [1.54, 1.807) is 0 Å². The minimum Gasteiger partial charge on any atom is -0.315 e. The molecule has 0 saturated carbocycles. The van der Waals surface area contributed by atoms with E-state index in [2.05, 4.69) is 24.1 Å². The molecule has 0 aromatic heterocycles. The van der Waals surface area contributed by atoms with E-state index in [-0.39, 0.29) is 12.8 Å². The molecule has 0 aromatic carbocycles. The second-order valence-corrected chi connectivity index (χ2v) is 5.26. The highest BCUT2D eigenvalue weighted by molar-refractivity contribution is 4.80. The van der Waals surface area contributed by atoms with Crippen molar-refractivity contribution in [3.8, 4) is 0 Å². The zero-order chi connectivity index (χ0) is 13.6. The van der Waals surface area contributed by atoms with Crippen LogP contribution in [0.2, 0.25) is 0 Å². The van der Waals surface area contributed by atoms with Crippen LogP contribution in [-0.4, -0.2) is 43.3 Å². The Labute approximate surface area is 108 Å². The molecule has 0 spiro atoms. The predicted octanol–water partition coefficient (Wildman–Crippen LogP) is 3.04. The third kappa shape index (κ3) is 5.14. The Morgan fingerprint density at radius 2 is 1.89 bits per heavy atom. The van der Waals surface area contributed by atoms with Crippen molar-refractivity contribution in [3.63, 3.8) is 0 Å². The Morgan fingerprint density at radius 1 is 1.28 bits per heavy atom. The molecule has 1 saturated heterocycles. The molecular formula is C13H25F3N2. The maximum absolute atomic E-state index is 12.5. The van der Waals surface area contributed by atoms with Gasteiger partial charge in [0.2, 0.25) is 0 Å². The van der Waals surface area contributed by atoms with Crippen LogP contribution >= 0.6 is 0 Å². The van der Waals surface area contributed by atoms with Gasteiger partial charge in [0.15, 0.2) is 0 Å². The number of nitrogens with one attached hydrogen (secondary N) is 1. The molecule has 0 bridgehead atoms. The lowest BCUT2D eigenvalue weighted by atomic mass is 9.95. The van der Waals surface area contributed by atoms with Crippen LogP contribution < -0.4 is 5.32 Å². The molecular weight excluding hydrogens is 241 g/mol. The number of unbranched alkanes of at least 4 members (excludes halogenated alkanes) is 1. The van der Waals surface area contributed by atoms with E-state index in [0.717, 1.165) is 19.5 Å². The highest BCUT2D eigenvalue weighted by Crippen LogP contribution is 2.34. The Kier molecular flexibility index (Phi) is 6.43. The van der Waals surface area contributed by atoms with Crippen molar-refractivity contribution in [3.05, 3.63) is 0 Å². The van der Waals surface area contributed by atoms with E-state index < -0.39 is 12.1 Å². The third-order valence-corrected chi connectivity index (χ3v) is 3.76. The third-order valence-electron chi connectivity index (χ3n) is 3.76. The summed E-state index contributed by atoms with van der Waals surface area (Å²) in [7, 11) is 0. The Balaban J connectivity index is 2.21. The molecule has 5 heteroatoms. The Bertz CT molecular complexity index is 223. The van der Waals surface area contributed by atoms with Crippen molar-refractivity contribution >= 4 is 0 Å². The van der Waals surface area contributed by atoms with Crippen molar-refractivity contribution in [2.45, 2.75) is 51.7 Å². The molecule has 1 heterocycles. The molecule has 1 unspecified atom stereocenters. The van der Waals surface area contributed by atoms with Crippen molar-refractivity contribution in [2.75, 3.05) is 26.2 Å². The van der Waals surface area contributed by atoms with Gasteiger partial charge in [0, 0.05) is 12.6 Å². The number of alkyl halides is 3. The fourth-order valence-corrected chi connectivity index (χ4v) is 2.41. The van der Waals surface area contributed by atoms with Crippen LogP contribution in [0.25, 0.3) is 0 Å². The van der Waals surface area contributed by atoms with Gasteiger partial charge >= 0.3 is 6.18 Å². The number of rotatable bonds is 6. The van der Waals surface area contributed by atoms with Gasteiger partial charge in [-0.3, -0.25) is 4.90 Å². The fraction of sp³-hybridized carbons (Fsp3) is 1.00. The summed E-state index contributed by atoms with van der Waals surface area (Å²) in [5.74, 6) is -1.09. The summed E-state index contributed by atoms with van der Waals surface area (Å²) in [4.78, 5) is 2.17. The molecule has 0 amide bonds. The lowest BCUT2D eigenvalue weighted by Crippen LogP contribution is -2.46. The summed E-state index contributed by atoms with van der Waals surface area (Å²) in [5, 5.41) is 3.36. The topological polar surface area (TPSA) is 15.3 Å². The molecule has 1 N–H and O–H groups in total. The van der Waals surface area contributed by atoms with Crippen LogP contribution in [0.15, 0.2) is 0 Å². The van der Waals surface area contributed by atoms with E-state index >= 15 is 0 Å². The van der Waals surface area contributed by atoms with Gasteiger partial charge in [0.25, 0.3) is 0 Å². The van der Waals surface area contributed by atoms with Gasteiger partial charge in [-0.25, -0.2) is 0 Å². The fourth-order valence-electron chi connectivity index (χ4n) is 2.41. The summed E-state index contributed by atoms with van der Waals surface area (Å²) in [6, 6.07) is 0.330. The van der Waals surface area contributed by atoms with Crippen LogP contribution in [0, 0.1) is 5.92 Å². The normalized spacial score (nSPS) is 21.2. The summed E-state index contributed by atoms with van der Waals surface area (Å²) in [5.41, 5.74) is 0. The molecule has 1 rings (SSSR count). The quantitative estimate of drug-likeness (QED) is 0.743. The Morgan fingerprint density at radius 3 is 2.39 bits per heavy atom. The summed E-state index contributed by atoms with van der Waals surface area (Å²) in [6.07, 6.45) is -1.18. The maximum atomic E-state index is 12.5. The van der Waals surface area contributed by atoms with Gasteiger partial charge in [0.05, 0.1) is 5.92 Å². The SMILES string of the molecule is CCCCNCC(C)N1CCC(C(F)(F)F)CC1. The van der Waals surface area contributed by atoms with Crippen molar-refractivity contribution in [2.24, 2.45) is 5.92 Å². The second kappa shape index (κ2) is 7.34. The lowest BCUT2D eigenvalue weighted by Gasteiger charge is -2.36. The molecule has 1 aliphatic rings.